The first-order valence-electron chi connectivity index (χ1n) is 20.1. The minimum atomic E-state index is -0.172. The molecular weight excluding hydrogens is 705 g/mol. The van der Waals surface area contributed by atoms with Crippen molar-refractivity contribution < 1.29 is 4.42 Å². The molecule has 3 nitrogen and oxygen atoms in total. The Hall–Kier alpha value is -7.36. The smallest absolute Gasteiger partial charge is 0.145 e. The lowest BCUT2D eigenvalue weighted by Crippen LogP contribution is -2.16. The third kappa shape index (κ3) is 4.56. The van der Waals surface area contributed by atoms with Gasteiger partial charge in [0.2, 0.25) is 0 Å². The molecule has 9 aromatic carbocycles. The highest BCUT2D eigenvalue weighted by Crippen LogP contribution is 2.56. The van der Waals surface area contributed by atoms with Gasteiger partial charge < -0.3 is 13.9 Å². The summed E-state index contributed by atoms with van der Waals surface area (Å²) >= 11 is 0. The van der Waals surface area contributed by atoms with Crippen molar-refractivity contribution in [2.75, 3.05) is 4.90 Å². The van der Waals surface area contributed by atoms with Crippen LogP contribution in [0.2, 0.25) is 0 Å². The molecule has 0 bridgehead atoms. The fraction of sp³-hybridized carbons (Fsp3) is 0.0545. The quantitative estimate of drug-likeness (QED) is 0.175. The summed E-state index contributed by atoms with van der Waals surface area (Å²) < 4.78 is 9.48. The first-order valence-corrected chi connectivity index (χ1v) is 20.1. The van der Waals surface area contributed by atoms with Gasteiger partial charge in [-0.05, 0) is 81.6 Å². The van der Waals surface area contributed by atoms with E-state index in [0.29, 0.717) is 0 Å². The van der Waals surface area contributed by atoms with Gasteiger partial charge in [-0.15, -0.1) is 0 Å². The van der Waals surface area contributed by atoms with E-state index < -0.39 is 0 Å². The Morgan fingerprint density at radius 2 is 1.09 bits per heavy atom. The molecule has 0 saturated heterocycles. The van der Waals surface area contributed by atoms with E-state index in [4.69, 9.17) is 4.42 Å². The van der Waals surface area contributed by atoms with Crippen LogP contribution in [0.25, 0.3) is 82.5 Å². The van der Waals surface area contributed by atoms with Gasteiger partial charge in [0.1, 0.15) is 11.2 Å². The maximum absolute atomic E-state index is 7.03. The molecule has 2 aromatic heterocycles. The summed E-state index contributed by atoms with van der Waals surface area (Å²) in [6.45, 7) is 4.72. The number of para-hydroxylation sites is 4. The molecule has 0 atom stereocenters. The number of aromatic nitrogens is 1. The van der Waals surface area contributed by atoms with Gasteiger partial charge in [0.05, 0.1) is 33.5 Å². The maximum atomic E-state index is 7.03. The second-order valence-corrected chi connectivity index (χ2v) is 16.0. The van der Waals surface area contributed by atoms with Gasteiger partial charge in [0.15, 0.2) is 0 Å². The highest BCUT2D eigenvalue weighted by Gasteiger charge is 2.38. The summed E-state index contributed by atoms with van der Waals surface area (Å²) in [7, 11) is 0. The summed E-state index contributed by atoms with van der Waals surface area (Å²) in [6, 6.07) is 70.6. The van der Waals surface area contributed by atoms with E-state index in [0.717, 1.165) is 61.3 Å². The van der Waals surface area contributed by atoms with E-state index in [2.05, 4.69) is 217 Å². The van der Waals surface area contributed by atoms with Gasteiger partial charge in [-0.1, -0.05) is 159 Å². The summed E-state index contributed by atoms with van der Waals surface area (Å²) in [5, 5.41) is 7.01. The number of nitrogens with zero attached hydrogens (tertiary/aromatic N) is 2. The number of benzene rings is 9. The van der Waals surface area contributed by atoms with Crippen LogP contribution in [0.1, 0.15) is 25.0 Å². The third-order valence-electron chi connectivity index (χ3n) is 12.6. The number of hydrogen-bond donors (Lipinski definition) is 0. The Labute approximate surface area is 336 Å². The van der Waals surface area contributed by atoms with Crippen molar-refractivity contribution in [2.45, 2.75) is 19.3 Å². The fourth-order valence-corrected chi connectivity index (χ4v) is 10.0. The van der Waals surface area contributed by atoms with E-state index in [-0.39, 0.29) is 5.41 Å². The molecule has 2 heterocycles. The molecule has 0 saturated carbocycles. The van der Waals surface area contributed by atoms with Crippen LogP contribution in [0.15, 0.2) is 199 Å². The lowest BCUT2D eigenvalue weighted by Gasteiger charge is -2.30. The normalized spacial score (nSPS) is 13.1. The monoisotopic (exact) mass is 742 g/mol. The number of fused-ring (bicyclic) bond motifs is 10. The predicted octanol–water partition coefficient (Wildman–Crippen LogP) is 15.3. The van der Waals surface area contributed by atoms with Crippen molar-refractivity contribution >= 4 is 71.6 Å². The van der Waals surface area contributed by atoms with Gasteiger partial charge in [-0.25, -0.2) is 0 Å². The largest absolute Gasteiger partial charge is 0.455 e. The zero-order valence-electron chi connectivity index (χ0n) is 32.3. The first kappa shape index (κ1) is 32.8. The Balaban J connectivity index is 1.26. The lowest BCUT2D eigenvalue weighted by molar-refractivity contribution is 0.660. The van der Waals surface area contributed by atoms with Crippen LogP contribution >= 0.6 is 0 Å². The third-order valence-corrected chi connectivity index (χ3v) is 12.6. The van der Waals surface area contributed by atoms with Crippen LogP contribution in [0, 0.1) is 0 Å². The average Bonchev–Trinajstić information content (AvgIpc) is 3.91. The summed E-state index contributed by atoms with van der Waals surface area (Å²) in [5.74, 6) is 0. The molecule has 3 heteroatoms. The number of anilines is 3. The van der Waals surface area contributed by atoms with Crippen LogP contribution in [0.4, 0.5) is 17.1 Å². The highest BCUT2D eigenvalue weighted by molar-refractivity contribution is 6.21. The van der Waals surface area contributed by atoms with Gasteiger partial charge >= 0.3 is 0 Å². The molecule has 58 heavy (non-hydrogen) atoms. The van der Waals surface area contributed by atoms with Gasteiger partial charge in [-0.3, -0.25) is 0 Å². The number of rotatable bonds is 5. The van der Waals surface area contributed by atoms with Crippen molar-refractivity contribution in [3.05, 3.63) is 205 Å². The Bertz CT molecular complexity index is 3430. The molecule has 0 amide bonds. The van der Waals surface area contributed by atoms with E-state index >= 15 is 0 Å². The van der Waals surface area contributed by atoms with Crippen LogP contribution in [0.3, 0.4) is 0 Å². The second kappa shape index (κ2) is 12.3. The summed E-state index contributed by atoms with van der Waals surface area (Å²) in [6.07, 6.45) is 0. The lowest BCUT2D eigenvalue weighted by atomic mass is 9.82. The highest BCUT2D eigenvalue weighted by atomic mass is 16.3. The van der Waals surface area contributed by atoms with Crippen molar-refractivity contribution in [1.29, 1.82) is 0 Å². The predicted molar refractivity (Wildman–Crippen MR) is 243 cm³/mol. The fourth-order valence-electron chi connectivity index (χ4n) is 10.0. The van der Waals surface area contributed by atoms with Crippen molar-refractivity contribution in [3.8, 4) is 27.9 Å². The van der Waals surface area contributed by atoms with Crippen molar-refractivity contribution in [1.82, 2.24) is 4.57 Å². The molecule has 11 aromatic rings. The first-order chi connectivity index (χ1) is 28.6. The Morgan fingerprint density at radius 3 is 1.98 bits per heavy atom. The van der Waals surface area contributed by atoms with E-state index in [1.54, 1.807) is 0 Å². The summed E-state index contributed by atoms with van der Waals surface area (Å²) in [4.78, 5) is 2.54. The minimum Gasteiger partial charge on any atom is -0.455 e. The molecule has 0 unspecified atom stereocenters. The molecular formula is C55H38N2O. The number of furan rings is 1. The SMILES string of the molecule is CC1(C)c2ccccc2-c2c(N(c3ccc(-c4cccc5ccccc45)c4oc5ccccc5c34)c3cccc4c5ccccc5n(-c5ccccc5)c34)cccc21. The molecule has 0 aliphatic heterocycles. The van der Waals surface area contributed by atoms with Crippen LogP contribution in [0.5, 0.6) is 0 Å². The zero-order valence-corrected chi connectivity index (χ0v) is 32.3. The van der Waals surface area contributed by atoms with Crippen molar-refractivity contribution in [3.63, 3.8) is 0 Å². The Kier molecular flexibility index (Phi) is 6.98. The van der Waals surface area contributed by atoms with Crippen LogP contribution in [-0.4, -0.2) is 4.57 Å². The zero-order chi connectivity index (χ0) is 38.5. The average molecular weight is 743 g/mol. The number of hydrogen-bond acceptors (Lipinski definition) is 2. The molecule has 274 valence electrons. The standard InChI is InChI=1S/C55H38N2O/c1-55(2)44-27-11-8-23-42(44)51-45(55)28-16-30-47(51)57(49-31-15-26-40-39-22-9-12-29-46(39)56(53(40)49)36-19-4-3-5-20-36)48-34-33-41(38-25-14-18-35-17-6-7-21-37(35)38)54-52(48)43-24-10-13-32-50(43)58-54/h3-34H,1-2H3. The maximum Gasteiger partial charge on any atom is 0.145 e. The van der Waals surface area contributed by atoms with Gasteiger partial charge in [-0.2, -0.15) is 0 Å². The van der Waals surface area contributed by atoms with Crippen LogP contribution < -0.4 is 4.90 Å². The summed E-state index contributed by atoms with van der Waals surface area (Å²) in [5.41, 5.74) is 15.8. The molecule has 0 fully saturated rings. The molecule has 1 aliphatic rings. The van der Waals surface area contributed by atoms with Crippen LogP contribution in [-0.2, 0) is 5.41 Å². The molecule has 0 N–H and O–H groups in total. The van der Waals surface area contributed by atoms with E-state index in [9.17, 15) is 0 Å². The molecule has 0 spiro atoms. The van der Waals surface area contributed by atoms with E-state index in [1.807, 2.05) is 0 Å². The van der Waals surface area contributed by atoms with Crippen molar-refractivity contribution in [2.24, 2.45) is 0 Å². The molecule has 0 radical (unpaired) electrons. The molecule has 12 rings (SSSR count). The Morgan fingerprint density at radius 1 is 0.448 bits per heavy atom. The van der Waals surface area contributed by atoms with E-state index in [1.165, 1.54) is 49.3 Å². The van der Waals surface area contributed by atoms with Gasteiger partial charge in [0.25, 0.3) is 0 Å². The molecule has 1 aliphatic carbocycles. The van der Waals surface area contributed by atoms with Gasteiger partial charge in [0, 0.05) is 38.4 Å². The topological polar surface area (TPSA) is 21.3 Å². The minimum absolute atomic E-state index is 0.172. The second-order valence-electron chi connectivity index (χ2n) is 16.0.